The molecule has 5 rings (SSSR count). The first-order valence-corrected chi connectivity index (χ1v) is 11.9. The lowest BCUT2D eigenvalue weighted by Crippen LogP contribution is -2.38. The molecule has 0 saturated carbocycles. The molecular formula is C30H25NO7. The topological polar surface area (TPSA) is 122 Å². The zero-order valence-electron chi connectivity index (χ0n) is 21.0. The first kappa shape index (κ1) is 24.8. The van der Waals surface area contributed by atoms with Crippen LogP contribution in [0.15, 0.2) is 72.2 Å². The number of methoxy groups -OCH3 is 1. The average Bonchev–Trinajstić information content (AvgIpc) is 3.20. The Hall–Kier alpha value is -4.85. The molecule has 0 unspecified atom stereocenters. The number of phenolic OH excluding ortho intramolecular Hbond substituents is 1. The maximum Gasteiger partial charge on any atom is 0.259 e. The molecule has 38 heavy (non-hydrogen) atoms. The zero-order chi connectivity index (χ0) is 27.4. The van der Waals surface area contributed by atoms with Crippen LogP contribution in [0.3, 0.4) is 0 Å². The molecule has 8 nitrogen and oxygen atoms in total. The number of hydrogen-bond acceptors (Lipinski definition) is 7. The van der Waals surface area contributed by atoms with Crippen LogP contribution < -0.4 is 14.8 Å². The number of aliphatic hydroxyl groups is 1. The molecule has 1 aliphatic carbocycles. The number of Topliss-reactive ketones (excluding diaryl/α,β-unsaturated/α-hetero) is 2. The Balaban J connectivity index is 1.59. The Labute approximate surface area is 218 Å². The minimum absolute atomic E-state index is 0.0133. The molecule has 1 heterocycles. The van der Waals surface area contributed by atoms with Gasteiger partial charge in [-0.25, -0.2) is 0 Å². The highest BCUT2D eigenvalue weighted by atomic mass is 16.5. The molecule has 1 amide bonds. The van der Waals surface area contributed by atoms with Crippen molar-refractivity contribution in [1.29, 1.82) is 0 Å². The number of benzene rings is 3. The lowest BCUT2D eigenvalue weighted by atomic mass is 9.71. The molecular weight excluding hydrogens is 486 g/mol. The summed E-state index contributed by atoms with van der Waals surface area (Å²) < 4.78 is 11.3. The van der Waals surface area contributed by atoms with E-state index >= 15 is 0 Å². The van der Waals surface area contributed by atoms with Gasteiger partial charge in [0.1, 0.15) is 39.6 Å². The number of aliphatic hydroxyl groups excluding tert-OH is 1. The standard InChI is InChI=1S/C30H25NO7/c1-5-16-10-11-17-8-6-7-9-18(17)19(16)14-31-29(36)25-22(37-4)12-21(34)26-27(25)38-23-13-20(33)24(15(2)32)28(35)30(23,26)3/h5-13,33-34H,1,14H2,2-4H3,(H,31,36)/t30-/m1/s1. The first-order valence-electron chi connectivity index (χ1n) is 11.9. The Morgan fingerprint density at radius 2 is 1.92 bits per heavy atom. The van der Waals surface area contributed by atoms with E-state index in [0.717, 1.165) is 28.0 Å². The third-order valence-electron chi connectivity index (χ3n) is 7.16. The van der Waals surface area contributed by atoms with Gasteiger partial charge in [0.15, 0.2) is 17.3 Å². The van der Waals surface area contributed by atoms with Crippen LogP contribution in [0, 0.1) is 0 Å². The van der Waals surface area contributed by atoms with Crippen molar-refractivity contribution in [2.75, 3.05) is 7.11 Å². The fourth-order valence-electron chi connectivity index (χ4n) is 5.22. The number of phenols is 1. The van der Waals surface area contributed by atoms with Crippen LogP contribution in [0.4, 0.5) is 0 Å². The summed E-state index contributed by atoms with van der Waals surface area (Å²) in [6.45, 7) is 6.67. The molecule has 1 aliphatic heterocycles. The Morgan fingerprint density at radius 3 is 2.61 bits per heavy atom. The van der Waals surface area contributed by atoms with Crippen LogP contribution in [-0.4, -0.2) is 34.8 Å². The minimum Gasteiger partial charge on any atom is -0.507 e. The van der Waals surface area contributed by atoms with Crippen molar-refractivity contribution in [1.82, 2.24) is 5.32 Å². The zero-order valence-corrected chi connectivity index (χ0v) is 21.0. The van der Waals surface area contributed by atoms with Crippen molar-refractivity contribution in [3.63, 3.8) is 0 Å². The number of hydrogen-bond donors (Lipinski definition) is 3. The molecule has 0 radical (unpaired) electrons. The highest BCUT2D eigenvalue weighted by molar-refractivity contribution is 6.25. The second-order valence-corrected chi connectivity index (χ2v) is 9.30. The summed E-state index contributed by atoms with van der Waals surface area (Å²) in [5.74, 6) is -2.89. The van der Waals surface area contributed by atoms with Crippen molar-refractivity contribution in [3.05, 3.63) is 94.5 Å². The van der Waals surface area contributed by atoms with E-state index in [2.05, 4.69) is 11.9 Å². The van der Waals surface area contributed by atoms with E-state index in [9.17, 15) is 24.6 Å². The first-order chi connectivity index (χ1) is 18.1. The quantitative estimate of drug-likeness (QED) is 0.412. The third kappa shape index (κ3) is 3.48. The van der Waals surface area contributed by atoms with Gasteiger partial charge in [-0.05, 0) is 35.7 Å². The van der Waals surface area contributed by atoms with E-state index in [-0.39, 0.29) is 40.7 Å². The monoisotopic (exact) mass is 511 g/mol. The number of ether oxygens (including phenoxy) is 2. The van der Waals surface area contributed by atoms with Gasteiger partial charge in [-0.1, -0.05) is 49.1 Å². The highest BCUT2D eigenvalue weighted by Gasteiger charge is 2.55. The Kier molecular flexibility index (Phi) is 5.83. The number of aromatic hydroxyl groups is 1. The molecule has 3 aromatic rings. The summed E-state index contributed by atoms with van der Waals surface area (Å²) in [5, 5.41) is 26.1. The van der Waals surface area contributed by atoms with Crippen LogP contribution in [0.5, 0.6) is 17.2 Å². The van der Waals surface area contributed by atoms with E-state index in [0.29, 0.717) is 0 Å². The van der Waals surface area contributed by atoms with Crippen LogP contribution in [0.1, 0.15) is 40.9 Å². The van der Waals surface area contributed by atoms with Gasteiger partial charge < -0.3 is 25.0 Å². The Bertz CT molecular complexity index is 1650. The van der Waals surface area contributed by atoms with Crippen molar-refractivity contribution in [2.45, 2.75) is 25.8 Å². The van der Waals surface area contributed by atoms with E-state index in [1.54, 1.807) is 6.08 Å². The van der Waals surface area contributed by atoms with Crippen molar-refractivity contribution in [2.24, 2.45) is 0 Å². The Morgan fingerprint density at radius 1 is 1.18 bits per heavy atom. The molecule has 1 atom stereocenters. The number of ketones is 2. The van der Waals surface area contributed by atoms with Crippen LogP contribution >= 0.6 is 0 Å². The summed E-state index contributed by atoms with van der Waals surface area (Å²) >= 11 is 0. The maximum atomic E-state index is 13.6. The number of rotatable bonds is 6. The van der Waals surface area contributed by atoms with E-state index < -0.39 is 34.2 Å². The SMILES string of the molecule is C=Cc1ccc2ccccc2c1CNC(=O)c1c(OC)cc(O)c2c1OC1=CC(O)=C(C(C)=O)C(=O)[C@]12C. The maximum absolute atomic E-state index is 13.6. The van der Waals surface area contributed by atoms with E-state index in [1.165, 1.54) is 27.0 Å². The van der Waals surface area contributed by atoms with Crippen LogP contribution in [-0.2, 0) is 21.5 Å². The van der Waals surface area contributed by atoms with Gasteiger partial charge in [0.25, 0.3) is 5.91 Å². The summed E-state index contributed by atoms with van der Waals surface area (Å²) in [5.41, 5.74) is -0.325. The van der Waals surface area contributed by atoms with Gasteiger partial charge in [-0.2, -0.15) is 0 Å². The molecule has 0 spiro atoms. The lowest BCUT2D eigenvalue weighted by Gasteiger charge is -2.27. The number of carbonyl (C=O) groups is 3. The molecule has 0 saturated heterocycles. The van der Waals surface area contributed by atoms with Gasteiger partial charge in [0, 0.05) is 18.7 Å². The van der Waals surface area contributed by atoms with Gasteiger partial charge in [0.2, 0.25) is 0 Å². The minimum atomic E-state index is -1.63. The van der Waals surface area contributed by atoms with E-state index in [4.69, 9.17) is 9.47 Å². The van der Waals surface area contributed by atoms with Crippen molar-refractivity contribution >= 4 is 34.3 Å². The number of fused-ring (bicyclic) bond motifs is 4. The summed E-state index contributed by atoms with van der Waals surface area (Å²) in [6.07, 6.45) is 2.88. The third-order valence-corrected chi connectivity index (χ3v) is 7.16. The second kappa shape index (κ2) is 8.92. The fraction of sp³-hybridized carbons (Fsp3) is 0.167. The summed E-state index contributed by atoms with van der Waals surface area (Å²) in [7, 11) is 1.34. The molecule has 2 aliphatic rings. The van der Waals surface area contributed by atoms with Gasteiger partial charge >= 0.3 is 0 Å². The average molecular weight is 512 g/mol. The van der Waals surface area contributed by atoms with Crippen molar-refractivity contribution in [3.8, 4) is 17.2 Å². The fourth-order valence-corrected chi connectivity index (χ4v) is 5.22. The summed E-state index contributed by atoms with van der Waals surface area (Å²) in [6, 6.07) is 12.9. The van der Waals surface area contributed by atoms with Crippen LogP contribution in [0.25, 0.3) is 16.8 Å². The largest absolute Gasteiger partial charge is 0.507 e. The number of carbonyl (C=O) groups excluding carboxylic acids is 3. The molecule has 0 bridgehead atoms. The predicted octanol–water partition coefficient (Wildman–Crippen LogP) is 4.64. The molecule has 192 valence electrons. The van der Waals surface area contributed by atoms with Gasteiger partial charge in [-0.15, -0.1) is 0 Å². The molecule has 0 fully saturated rings. The number of allylic oxidation sites excluding steroid dienone is 3. The number of nitrogens with one attached hydrogen (secondary N) is 1. The van der Waals surface area contributed by atoms with Crippen LogP contribution in [0.2, 0.25) is 0 Å². The molecule has 3 aromatic carbocycles. The lowest BCUT2D eigenvalue weighted by molar-refractivity contribution is -0.123. The normalized spacial score (nSPS) is 17.9. The molecule has 3 N–H and O–H groups in total. The molecule has 8 heteroatoms. The summed E-state index contributed by atoms with van der Waals surface area (Å²) in [4.78, 5) is 39.2. The van der Waals surface area contributed by atoms with Gasteiger partial charge in [-0.3, -0.25) is 14.4 Å². The predicted molar refractivity (Wildman–Crippen MR) is 141 cm³/mol. The van der Waals surface area contributed by atoms with E-state index in [1.807, 2.05) is 36.4 Å². The second-order valence-electron chi connectivity index (χ2n) is 9.30. The highest BCUT2D eigenvalue weighted by Crippen LogP contribution is 2.56. The smallest absolute Gasteiger partial charge is 0.259 e. The van der Waals surface area contributed by atoms with Gasteiger partial charge in [0.05, 0.1) is 12.7 Å². The van der Waals surface area contributed by atoms with Crippen molar-refractivity contribution < 1.29 is 34.1 Å². The molecule has 0 aromatic heterocycles. The number of amides is 1.